The summed E-state index contributed by atoms with van der Waals surface area (Å²) < 4.78 is 0. The molecule has 0 saturated heterocycles. The van der Waals surface area contributed by atoms with E-state index in [1.807, 2.05) is 0 Å². The van der Waals surface area contributed by atoms with Crippen molar-refractivity contribution in [3.63, 3.8) is 0 Å². The Hall–Kier alpha value is -0.600. The molecular formula is C7H5Cl2NO. The minimum absolute atomic E-state index is 0.265. The molecule has 58 valence electrons. The van der Waals surface area contributed by atoms with Crippen molar-refractivity contribution >= 4 is 29.5 Å². The van der Waals surface area contributed by atoms with Crippen molar-refractivity contribution in [2.24, 2.45) is 0 Å². The fraction of sp³-hybridized carbons (Fsp3) is 0.143. The quantitative estimate of drug-likeness (QED) is 0.528. The van der Waals surface area contributed by atoms with Crippen LogP contribution in [0.3, 0.4) is 0 Å². The smallest absolute Gasteiger partial charge is 0.147 e. The number of carbonyl (C=O) groups excluding carboxylic acids is 1. The zero-order valence-corrected chi connectivity index (χ0v) is 7.06. The van der Waals surface area contributed by atoms with Crippen molar-refractivity contribution in [3.05, 3.63) is 28.0 Å². The number of carbonyl (C=O) groups is 1. The first-order valence-corrected chi connectivity index (χ1v) is 3.73. The third-order valence-corrected chi connectivity index (χ3v) is 1.86. The van der Waals surface area contributed by atoms with Crippen LogP contribution >= 0.6 is 23.2 Å². The largest absolute Gasteiger partial charge is 0.303 e. The van der Waals surface area contributed by atoms with Gasteiger partial charge in [-0.1, -0.05) is 23.2 Å². The summed E-state index contributed by atoms with van der Waals surface area (Å²) in [5, 5.41) is 0.646. The topological polar surface area (TPSA) is 30.0 Å². The second-order valence-corrected chi connectivity index (χ2v) is 2.75. The maximum atomic E-state index is 10.1. The van der Waals surface area contributed by atoms with E-state index in [-0.39, 0.29) is 5.15 Å². The van der Waals surface area contributed by atoms with E-state index in [4.69, 9.17) is 23.2 Å². The van der Waals surface area contributed by atoms with E-state index >= 15 is 0 Å². The molecule has 0 N–H and O–H groups in total. The molecule has 0 unspecified atom stereocenters. The molecule has 0 aromatic carbocycles. The first kappa shape index (κ1) is 8.50. The predicted octanol–water partition coefficient (Wildman–Crippen LogP) is 2.13. The van der Waals surface area contributed by atoms with Crippen LogP contribution in [-0.2, 0) is 11.2 Å². The molecule has 1 aromatic rings. The number of aromatic nitrogens is 1. The maximum absolute atomic E-state index is 10.1. The molecule has 0 aliphatic carbocycles. The fourth-order valence-corrected chi connectivity index (χ4v) is 0.961. The highest BCUT2D eigenvalue weighted by Gasteiger charge is 1.99. The lowest BCUT2D eigenvalue weighted by Gasteiger charge is -1.96. The second-order valence-electron chi connectivity index (χ2n) is 1.99. The van der Waals surface area contributed by atoms with Crippen LogP contribution in [0.25, 0.3) is 0 Å². The van der Waals surface area contributed by atoms with Gasteiger partial charge in [0, 0.05) is 12.6 Å². The summed E-state index contributed by atoms with van der Waals surface area (Å²) in [4.78, 5) is 13.8. The average molecular weight is 190 g/mol. The third-order valence-electron chi connectivity index (χ3n) is 1.17. The summed E-state index contributed by atoms with van der Waals surface area (Å²) in [7, 11) is 0. The van der Waals surface area contributed by atoms with E-state index in [0.29, 0.717) is 11.4 Å². The molecule has 4 heteroatoms. The van der Waals surface area contributed by atoms with Crippen LogP contribution in [0.1, 0.15) is 5.56 Å². The van der Waals surface area contributed by atoms with Crippen LogP contribution in [0.4, 0.5) is 0 Å². The lowest BCUT2D eigenvalue weighted by Crippen LogP contribution is -1.87. The molecule has 0 radical (unpaired) electrons. The standard InChI is InChI=1S/C7H5Cl2NO/c8-6-3-5(1-2-11)4-10-7(6)9/h2-4H,1H2. The molecule has 1 heterocycles. The minimum Gasteiger partial charge on any atom is -0.303 e. The molecule has 0 aliphatic heterocycles. The van der Waals surface area contributed by atoms with Gasteiger partial charge in [-0.15, -0.1) is 0 Å². The van der Waals surface area contributed by atoms with E-state index in [1.165, 1.54) is 6.20 Å². The van der Waals surface area contributed by atoms with Gasteiger partial charge in [-0.3, -0.25) is 0 Å². The number of hydrogen-bond acceptors (Lipinski definition) is 2. The van der Waals surface area contributed by atoms with Crippen LogP contribution < -0.4 is 0 Å². The van der Waals surface area contributed by atoms with Crippen molar-refractivity contribution in [1.82, 2.24) is 4.98 Å². The Balaban J connectivity index is 2.95. The summed E-state index contributed by atoms with van der Waals surface area (Å²) in [6, 6.07) is 1.63. The number of rotatable bonds is 2. The molecule has 1 aromatic heterocycles. The van der Waals surface area contributed by atoms with Gasteiger partial charge < -0.3 is 4.79 Å². The molecule has 0 saturated carbocycles. The summed E-state index contributed by atoms with van der Waals surface area (Å²) >= 11 is 11.2. The summed E-state index contributed by atoms with van der Waals surface area (Å²) in [5.74, 6) is 0. The lowest BCUT2D eigenvalue weighted by atomic mass is 10.2. The van der Waals surface area contributed by atoms with Crippen molar-refractivity contribution < 1.29 is 4.79 Å². The van der Waals surface area contributed by atoms with Gasteiger partial charge in [0.05, 0.1) is 5.02 Å². The van der Waals surface area contributed by atoms with Crippen LogP contribution in [0.2, 0.25) is 10.2 Å². The van der Waals surface area contributed by atoms with Crippen LogP contribution in [-0.4, -0.2) is 11.3 Å². The van der Waals surface area contributed by atoms with Gasteiger partial charge in [0.15, 0.2) is 0 Å². The highest BCUT2D eigenvalue weighted by Crippen LogP contribution is 2.19. The molecule has 0 bridgehead atoms. The van der Waals surface area contributed by atoms with E-state index in [2.05, 4.69) is 4.98 Å². The Morgan fingerprint density at radius 3 is 2.82 bits per heavy atom. The van der Waals surface area contributed by atoms with Gasteiger partial charge in [0.1, 0.15) is 11.4 Å². The van der Waals surface area contributed by atoms with Crippen molar-refractivity contribution in [1.29, 1.82) is 0 Å². The Labute approximate surface area is 74.1 Å². The predicted molar refractivity (Wildman–Crippen MR) is 44.0 cm³/mol. The van der Waals surface area contributed by atoms with Crippen molar-refractivity contribution in [3.8, 4) is 0 Å². The lowest BCUT2D eigenvalue weighted by molar-refractivity contribution is -0.107. The number of hydrogen-bond donors (Lipinski definition) is 0. The first-order chi connectivity index (χ1) is 5.24. The Bertz CT molecular complexity index is 275. The van der Waals surface area contributed by atoms with Crippen LogP contribution in [0, 0.1) is 0 Å². The van der Waals surface area contributed by atoms with E-state index < -0.39 is 0 Å². The Morgan fingerprint density at radius 2 is 2.27 bits per heavy atom. The zero-order chi connectivity index (χ0) is 8.27. The summed E-state index contributed by atoms with van der Waals surface area (Å²) in [5.41, 5.74) is 0.773. The molecular weight excluding hydrogens is 185 g/mol. The van der Waals surface area contributed by atoms with E-state index in [1.54, 1.807) is 6.07 Å². The summed E-state index contributed by atoms with van der Waals surface area (Å²) in [6.07, 6.45) is 2.65. The van der Waals surface area contributed by atoms with Gasteiger partial charge in [-0.05, 0) is 11.6 Å². The SMILES string of the molecule is O=CCc1cnc(Cl)c(Cl)c1. The van der Waals surface area contributed by atoms with Crippen molar-refractivity contribution in [2.75, 3.05) is 0 Å². The second kappa shape index (κ2) is 3.69. The number of halogens is 2. The van der Waals surface area contributed by atoms with Crippen LogP contribution in [0.15, 0.2) is 12.3 Å². The molecule has 0 fully saturated rings. The monoisotopic (exact) mass is 189 g/mol. The summed E-state index contributed by atoms with van der Waals surface area (Å²) in [6.45, 7) is 0. The highest BCUT2D eigenvalue weighted by molar-refractivity contribution is 6.41. The highest BCUT2D eigenvalue weighted by atomic mass is 35.5. The van der Waals surface area contributed by atoms with Gasteiger partial charge in [-0.2, -0.15) is 0 Å². The fourth-order valence-electron chi connectivity index (χ4n) is 0.669. The number of pyridine rings is 1. The van der Waals surface area contributed by atoms with Crippen molar-refractivity contribution in [2.45, 2.75) is 6.42 Å². The third kappa shape index (κ3) is 2.17. The molecule has 0 atom stereocenters. The Kier molecular flexibility index (Phi) is 2.85. The van der Waals surface area contributed by atoms with E-state index in [0.717, 1.165) is 11.8 Å². The number of nitrogens with zero attached hydrogens (tertiary/aromatic N) is 1. The molecule has 0 aliphatic rings. The van der Waals surface area contributed by atoms with E-state index in [9.17, 15) is 4.79 Å². The Morgan fingerprint density at radius 1 is 1.55 bits per heavy atom. The van der Waals surface area contributed by atoms with Gasteiger partial charge in [0.2, 0.25) is 0 Å². The average Bonchev–Trinajstić information content (AvgIpc) is 1.98. The number of aldehydes is 1. The maximum Gasteiger partial charge on any atom is 0.147 e. The molecule has 0 amide bonds. The van der Waals surface area contributed by atoms with Gasteiger partial charge >= 0.3 is 0 Å². The molecule has 11 heavy (non-hydrogen) atoms. The molecule has 2 nitrogen and oxygen atoms in total. The first-order valence-electron chi connectivity index (χ1n) is 2.97. The molecule has 1 rings (SSSR count). The zero-order valence-electron chi connectivity index (χ0n) is 5.55. The normalized spacial score (nSPS) is 9.64. The molecule has 0 spiro atoms. The van der Waals surface area contributed by atoms with Crippen LogP contribution in [0.5, 0.6) is 0 Å². The minimum atomic E-state index is 0.265. The van der Waals surface area contributed by atoms with Gasteiger partial charge in [-0.25, -0.2) is 4.98 Å². The van der Waals surface area contributed by atoms with Gasteiger partial charge in [0.25, 0.3) is 0 Å².